The summed E-state index contributed by atoms with van der Waals surface area (Å²) >= 11 is 0. The Morgan fingerprint density at radius 3 is 0.667 bits per heavy atom. The second-order valence-electron chi connectivity index (χ2n) is 0.394. The molecule has 1 N–H and O–H groups in total. The van der Waals surface area contributed by atoms with Crippen molar-refractivity contribution in [3.05, 3.63) is 0 Å². The topological polar surface area (TPSA) is 158 Å². The Kier molecular flexibility index (Phi) is 358. The van der Waals surface area contributed by atoms with Gasteiger partial charge in [0.1, 0.15) is 0 Å². The number of hydrogen-bond donors (Lipinski definition) is 1. The minimum absolute atomic E-state index is 0. The SMILES string of the molecule is O=CO.O=C[O-].O=C[O-].O=C[O-].[Na+].[Na+].[Na+]. The Balaban J connectivity index is -0.0000000107. The molecule has 0 bridgehead atoms. The van der Waals surface area contributed by atoms with Crippen LogP contribution >= 0.6 is 0 Å². The maximum atomic E-state index is 8.36. The van der Waals surface area contributed by atoms with Crippen molar-refractivity contribution < 1.29 is 128 Å². The van der Waals surface area contributed by atoms with E-state index in [2.05, 4.69) is 0 Å². The van der Waals surface area contributed by atoms with Crippen LogP contribution in [0.25, 0.3) is 0 Å². The first kappa shape index (κ1) is 44.6. The molecule has 0 aliphatic rings. The number of carboxylic acid groups (broad SMARTS) is 4. The minimum atomic E-state index is -0.500. The molecule has 0 rings (SSSR count). The van der Waals surface area contributed by atoms with E-state index in [0.29, 0.717) is 0 Å². The summed E-state index contributed by atoms with van der Waals surface area (Å²) in [6.45, 7) is -1.75. The Bertz CT molecular complexity index is 75.9. The molecule has 0 unspecified atom stereocenters. The second-order valence-corrected chi connectivity index (χ2v) is 0.394. The molecule has 0 aromatic rings. The fourth-order valence-corrected chi connectivity index (χ4v) is 0. The maximum absolute atomic E-state index is 8.36. The van der Waals surface area contributed by atoms with Crippen LogP contribution in [-0.2, 0) is 19.2 Å². The molecule has 0 aliphatic heterocycles. The number of rotatable bonds is 0. The molecular weight excluding hydrogens is 245 g/mol. The Morgan fingerprint density at radius 2 is 0.667 bits per heavy atom. The molecule has 0 saturated carbocycles. The summed E-state index contributed by atoms with van der Waals surface area (Å²) in [5.74, 6) is 0. The van der Waals surface area contributed by atoms with E-state index >= 15 is 0 Å². The third kappa shape index (κ3) is 3190. The minimum Gasteiger partial charge on any atom is -0.554 e. The summed E-state index contributed by atoms with van der Waals surface area (Å²) in [4.78, 5) is 33.1. The standard InChI is InChI=1S/4CH2O2.3Na/c4*2-1-3;;;/h4*1H,(H,2,3);;;/q;;;;3*+1/p-3. The Labute approximate surface area is 152 Å². The van der Waals surface area contributed by atoms with Gasteiger partial charge in [0.25, 0.3) is 6.47 Å². The molecule has 0 aromatic heterocycles. The van der Waals surface area contributed by atoms with Gasteiger partial charge in [-0.2, -0.15) is 0 Å². The van der Waals surface area contributed by atoms with Crippen LogP contribution in [-0.4, -0.2) is 31.0 Å². The monoisotopic (exact) mass is 250 g/mol. The average Bonchev–Trinajstić information content (AvgIpc) is 1.92. The molecule has 0 amide bonds. The molecule has 0 aliphatic carbocycles. The molecule has 72 valence electrons. The van der Waals surface area contributed by atoms with E-state index in [1.54, 1.807) is 0 Å². The van der Waals surface area contributed by atoms with Gasteiger partial charge in [0.15, 0.2) is 0 Å². The van der Waals surface area contributed by atoms with E-state index in [1.807, 2.05) is 0 Å². The van der Waals surface area contributed by atoms with Gasteiger partial charge in [-0.3, -0.25) is 4.79 Å². The summed E-state index contributed by atoms with van der Waals surface area (Å²) < 4.78 is 0. The van der Waals surface area contributed by atoms with Crippen molar-refractivity contribution in [2.45, 2.75) is 0 Å². The van der Waals surface area contributed by atoms with Crippen LogP contribution in [0.4, 0.5) is 0 Å². The summed E-state index contributed by atoms with van der Waals surface area (Å²) in [5.41, 5.74) is 0. The largest absolute Gasteiger partial charge is 1.00 e. The predicted molar refractivity (Wildman–Crippen MR) is 26.9 cm³/mol. The van der Waals surface area contributed by atoms with Gasteiger partial charge < -0.3 is 34.8 Å². The van der Waals surface area contributed by atoms with Crippen molar-refractivity contribution in [3.63, 3.8) is 0 Å². The molecule has 11 heteroatoms. The van der Waals surface area contributed by atoms with Gasteiger partial charge in [-0.05, 0) is 0 Å². The average molecular weight is 250 g/mol. The predicted octanol–water partition coefficient (Wildman–Crippen LogP) is -14.2. The number of carbonyl (C=O) groups is 4. The van der Waals surface area contributed by atoms with Crippen molar-refractivity contribution in [2.24, 2.45) is 0 Å². The van der Waals surface area contributed by atoms with Crippen molar-refractivity contribution in [1.82, 2.24) is 0 Å². The van der Waals surface area contributed by atoms with Gasteiger partial charge in [0.05, 0.1) is 0 Å². The maximum Gasteiger partial charge on any atom is 1.00 e. The van der Waals surface area contributed by atoms with Crippen LogP contribution in [0.1, 0.15) is 0 Å². The van der Waals surface area contributed by atoms with E-state index in [4.69, 9.17) is 39.6 Å². The zero-order chi connectivity index (χ0) is 10.8. The molecule has 0 saturated heterocycles. The summed E-state index contributed by atoms with van der Waals surface area (Å²) in [7, 11) is 0. The Morgan fingerprint density at radius 1 is 0.667 bits per heavy atom. The molecule has 0 spiro atoms. The first-order valence-corrected chi connectivity index (χ1v) is 1.91. The zero-order valence-electron chi connectivity index (χ0n) is 8.61. The van der Waals surface area contributed by atoms with Crippen molar-refractivity contribution in [2.75, 3.05) is 0 Å². The molecular formula is C4H5Na3O8. The van der Waals surface area contributed by atoms with Gasteiger partial charge in [-0.25, -0.2) is 0 Å². The van der Waals surface area contributed by atoms with Crippen LogP contribution in [0.5, 0.6) is 0 Å². The van der Waals surface area contributed by atoms with Crippen molar-refractivity contribution >= 4 is 25.9 Å². The first-order chi connectivity index (χ1) is 5.66. The fraction of sp³-hybridized carbons (Fsp3) is 0. The molecule has 0 aromatic carbocycles. The number of hydrogen-bond acceptors (Lipinski definition) is 7. The summed E-state index contributed by atoms with van der Waals surface area (Å²) in [6, 6.07) is 0. The Hall–Kier alpha value is 0.880. The van der Waals surface area contributed by atoms with Gasteiger partial charge in [0, 0.05) is 19.4 Å². The molecule has 0 radical (unpaired) electrons. The van der Waals surface area contributed by atoms with E-state index in [1.165, 1.54) is 0 Å². The summed E-state index contributed by atoms with van der Waals surface area (Å²) in [5, 5.41) is 31.6. The fourth-order valence-electron chi connectivity index (χ4n) is 0. The molecule has 0 heterocycles. The number of carbonyl (C=O) groups excluding carboxylic acids is 3. The zero-order valence-corrected chi connectivity index (χ0v) is 14.6. The van der Waals surface area contributed by atoms with Gasteiger partial charge in [-0.15, -0.1) is 0 Å². The van der Waals surface area contributed by atoms with Gasteiger partial charge in [0.2, 0.25) is 0 Å². The third-order valence-electron chi connectivity index (χ3n) is 0. The molecule has 0 fully saturated rings. The van der Waals surface area contributed by atoms with Crippen LogP contribution in [0.2, 0.25) is 0 Å². The third-order valence-corrected chi connectivity index (χ3v) is 0. The molecule has 8 nitrogen and oxygen atoms in total. The second kappa shape index (κ2) is 120. The van der Waals surface area contributed by atoms with Crippen molar-refractivity contribution in [1.29, 1.82) is 0 Å². The quantitative estimate of drug-likeness (QED) is 0.327. The van der Waals surface area contributed by atoms with Crippen LogP contribution in [0, 0.1) is 0 Å². The first-order valence-electron chi connectivity index (χ1n) is 1.91. The van der Waals surface area contributed by atoms with Crippen LogP contribution < -0.4 is 104 Å². The smallest absolute Gasteiger partial charge is 0.554 e. The van der Waals surface area contributed by atoms with Crippen LogP contribution in [0.3, 0.4) is 0 Å². The summed E-state index contributed by atoms with van der Waals surface area (Å²) in [6.07, 6.45) is 0. The molecule has 0 atom stereocenters. The van der Waals surface area contributed by atoms with Crippen molar-refractivity contribution in [3.8, 4) is 0 Å². The van der Waals surface area contributed by atoms with E-state index in [-0.39, 0.29) is 95.1 Å². The van der Waals surface area contributed by atoms with E-state index in [9.17, 15) is 0 Å². The molecule has 15 heavy (non-hydrogen) atoms. The van der Waals surface area contributed by atoms with Crippen LogP contribution in [0.15, 0.2) is 0 Å². The van der Waals surface area contributed by atoms with Gasteiger partial charge >= 0.3 is 88.7 Å². The normalized spacial score (nSPS) is 3.20. The van der Waals surface area contributed by atoms with E-state index < -0.39 is 19.4 Å². The van der Waals surface area contributed by atoms with E-state index in [0.717, 1.165) is 0 Å². The van der Waals surface area contributed by atoms with Gasteiger partial charge in [-0.1, -0.05) is 0 Å².